The van der Waals surface area contributed by atoms with Crippen LogP contribution in [-0.2, 0) is 4.79 Å². The standard InChI is InChI=1S/C16H21F2NO3/c1-11(10-13(20)12-6-3-2-4-7-12)19-14(21)16(17,18)15(22)8-5-9-15/h2-4,6-7,11,13,20,22H,5,8-10H2,1H3,(H,19,21). The van der Waals surface area contributed by atoms with Crippen LogP contribution in [0, 0.1) is 0 Å². The van der Waals surface area contributed by atoms with Crippen LogP contribution in [-0.4, -0.2) is 33.7 Å². The summed E-state index contributed by atoms with van der Waals surface area (Å²) >= 11 is 0. The minimum atomic E-state index is -3.81. The number of benzene rings is 1. The number of halogens is 2. The van der Waals surface area contributed by atoms with Gasteiger partial charge < -0.3 is 15.5 Å². The fourth-order valence-corrected chi connectivity index (χ4v) is 2.56. The molecule has 1 fully saturated rings. The Kier molecular flexibility index (Phi) is 4.82. The van der Waals surface area contributed by atoms with Crippen molar-refractivity contribution in [2.75, 3.05) is 0 Å². The third-order valence-electron chi connectivity index (χ3n) is 4.19. The van der Waals surface area contributed by atoms with Gasteiger partial charge in [-0.3, -0.25) is 4.79 Å². The van der Waals surface area contributed by atoms with E-state index in [4.69, 9.17) is 0 Å². The minimum Gasteiger partial charge on any atom is -0.388 e. The molecule has 0 heterocycles. The van der Waals surface area contributed by atoms with Crippen LogP contribution < -0.4 is 5.32 Å². The molecule has 1 saturated carbocycles. The van der Waals surface area contributed by atoms with Gasteiger partial charge in [0.2, 0.25) is 0 Å². The fourth-order valence-electron chi connectivity index (χ4n) is 2.56. The molecule has 122 valence electrons. The van der Waals surface area contributed by atoms with Gasteiger partial charge in [-0.25, -0.2) is 0 Å². The zero-order valence-corrected chi connectivity index (χ0v) is 12.4. The summed E-state index contributed by atoms with van der Waals surface area (Å²) in [7, 11) is 0. The molecule has 6 heteroatoms. The Bertz CT molecular complexity index is 517. The van der Waals surface area contributed by atoms with Gasteiger partial charge >= 0.3 is 5.92 Å². The number of carbonyl (C=O) groups excluding carboxylic acids is 1. The number of nitrogens with one attached hydrogen (secondary N) is 1. The Labute approximate surface area is 128 Å². The molecule has 0 radical (unpaired) electrons. The lowest BCUT2D eigenvalue weighted by Gasteiger charge is -2.41. The summed E-state index contributed by atoms with van der Waals surface area (Å²) in [5, 5.41) is 21.9. The topological polar surface area (TPSA) is 69.6 Å². The van der Waals surface area contributed by atoms with E-state index in [1.807, 2.05) is 0 Å². The predicted octanol–water partition coefficient (Wildman–Crippen LogP) is 2.17. The Hall–Kier alpha value is -1.53. The van der Waals surface area contributed by atoms with Gasteiger partial charge in [-0.2, -0.15) is 8.78 Å². The first-order valence-corrected chi connectivity index (χ1v) is 7.40. The van der Waals surface area contributed by atoms with E-state index in [1.54, 1.807) is 37.3 Å². The van der Waals surface area contributed by atoms with E-state index in [-0.39, 0.29) is 19.3 Å². The van der Waals surface area contributed by atoms with Gasteiger partial charge in [-0.1, -0.05) is 30.3 Å². The van der Waals surface area contributed by atoms with Crippen LogP contribution in [0.15, 0.2) is 30.3 Å². The lowest BCUT2D eigenvalue weighted by atomic mass is 9.75. The van der Waals surface area contributed by atoms with Gasteiger partial charge in [-0.05, 0) is 38.2 Å². The Morgan fingerprint density at radius 1 is 1.36 bits per heavy atom. The smallest absolute Gasteiger partial charge is 0.352 e. The molecule has 1 aliphatic carbocycles. The monoisotopic (exact) mass is 313 g/mol. The molecule has 1 amide bonds. The lowest BCUT2D eigenvalue weighted by Crippen LogP contribution is -2.61. The molecule has 1 aromatic carbocycles. The van der Waals surface area contributed by atoms with Crippen LogP contribution in [0.4, 0.5) is 8.78 Å². The maximum absolute atomic E-state index is 13.9. The summed E-state index contributed by atoms with van der Waals surface area (Å²) in [5.41, 5.74) is -1.57. The van der Waals surface area contributed by atoms with Crippen molar-refractivity contribution >= 4 is 5.91 Å². The quantitative estimate of drug-likeness (QED) is 0.754. The van der Waals surface area contributed by atoms with E-state index < -0.39 is 29.6 Å². The third kappa shape index (κ3) is 3.28. The second-order valence-electron chi connectivity index (χ2n) is 6.00. The summed E-state index contributed by atoms with van der Waals surface area (Å²) in [6.07, 6.45) is -0.397. The Morgan fingerprint density at radius 3 is 2.45 bits per heavy atom. The number of alkyl halides is 2. The summed E-state index contributed by atoms with van der Waals surface area (Å²) in [4.78, 5) is 11.7. The van der Waals surface area contributed by atoms with Crippen molar-refractivity contribution in [1.82, 2.24) is 5.32 Å². The maximum atomic E-state index is 13.9. The van der Waals surface area contributed by atoms with Gasteiger partial charge in [-0.15, -0.1) is 0 Å². The van der Waals surface area contributed by atoms with Gasteiger partial charge in [0.15, 0.2) is 0 Å². The fraction of sp³-hybridized carbons (Fsp3) is 0.562. The molecule has 2 atom stereocenters. The largest absolute Gasteiger partial charge is 0.388 e. The van der Waals surface area contributed by atoms with Crippen molar-refractivity contribution in [2.45, 2.75) is 56.3 Å². The zero-order valence-electron chi connectivity index (χ0n) is 12.4. The summed E-state index contributed by atoms with van der Waals surface area (Å²) in [6, 6.07) is 8.15. The molecule has 4 nitrogen and oxygen atoms in total. The predicted molar refractivity (Wildman–Crippen MR) is 77.4 cm³/mol. The van der Waals surface area contributed by atoms with Crippen molar-refractivity contribution in [3.8, 4) is 0 Å². The van der Waals surface area contributed by atoms with Crippen molar-refractivity contribution in [3.05, 3.63) is 35.9 Å². The van der Waals surface area contributed by atoms with E-state index in [2.05, 4.69) is 5.32 Å². The van der Waals surface area contributed by atoms with E-state index in [9.17, 15) is 23.8 Å². The highest BCUT2D eigenvalue weighted by Crippen LogP contribution is 2.44. The van der Waals surface area contributed by atoms with E-state index in [0.29, 0.717) is 12.0 Å². The molecule has 0 saturated heterocycles. The molecular weight excluding hydrogens is 292 g/mol. The lowest BCUT2D eigenvalue weighted by molar-refractivity contribution is -0.216. The number of hydrogen-bond acceptors (Lipinski definition) is 3. The van der Waals surface area contributed by atoms with Crippen molar-refractivity contribution in [3.63, 3.8) is 0 Å². The van der Waals surface area contributed by atoms with Gasteiger partial charge in [0.25, 0.3) is 5.91 Å². The van der Waals surface area contributed by atoms with Crippen LogP contribution in [0.3, 0.4) is 0 Å². The van der Waals surface area contributed by atoms with Gasteiger partial charge in [0.05, 0.1) is 6.10 Å². The number of amides is 1. The number of aliphatic hydroxyl groups excluding tert-OH is 1. The summed E-state index contributed by atoms with van der Waals surface area (Å²) in [6.45, 7) is 1.55. The molecule has 0 bridgehead atoms. The highest BCUT2D eigenvalue weighted by Gasteiger charge is 2.61. The number of aliphatic hydroxyl groups is 2. The molecule has 0 aromatic heterocycles. The molecule has 22 heavy (non-hydrogen) atoms. The zero-order chi connectivity index (χ0) is 16.4. The molecule has 2 rings (SSSR count). The highest BCUT2D eigenvalue weighted by molar-refractivity contribution is 5.85. The van der Waals surface area contributed by atoms with Crippen LogP contribution in [0.25, 0.3) is 0 Å². The van der Waals surface area contributed by atoms with Crippen molar-refractivity contribution < 1.29 is 23.8 Å². The second-order valence-corrected chi connectivity index (χ2v) is 6.00. The average Bonchev–Trinajstić information content (AvgIpc) is 2.45. The number of rotatable bonds is 6. The molecule has 2 unspecified atom stereocenters. The SMILES string of the molecule is CC(CC(O)c1ccccc1)NC(=O)C(F)(F)C1(O)CCC1. The highest BCUT2D eigenvalue weighted by atomic mass is 19.3. The summed E-state index contributed by atoms with van der Waals surface area (Å²) in [5.74, 6) is -5.29. The molecule has 0 aliphatic heterocycles. The molecular formula is C16H21F2NO3. The minimum absolute atomic E-state index is 0.0750. The maximum Gasteiger partial charge on any atom is 0.352 e. The molecule has 1 aliphatic rings. The first-order chi connectivity index (χ1) is 10.3. The van der Waals surface area contributed by atoms with E-state index >= 15 is 0 Å². The van der Waals surface area contributed by atoms with Crippen LogP contribution in [0.5, 0.6) is 0 Å². The van der Waals surface area contributed by atoms with Crippen molar-refractivity contribution in [2.24, 2.45) is 0 Å². The van der Waals surface area contributed by atoms with Crippen LogP contribution in [0.1, 0.15) is 44.3 Å². The first kappa shape index (κ1) is 16.8. The van der Waals surface area contributed by atoms with E-state index in [0.717, 1.165) is 0 Å². The number of hydrogen-bond donors (Lipinski definition) is 3. The third-order valence-corrected chi connectivity index (χ3v) is 4.19. The first-order valence-electron chi connectivity index (χ1n) is 7.40. The molecule has 1 aromatic rings. The normalized spacial score (nSPS) is 19.9. The Balaban J connectivity index is 1.91. The average molecular weight is 313 g/mol. The van der Waals surface area contributed by atoms with Gasteiger partial charge in [0, 0.05) is 6.04 Å². The van der Waals surface area contributed by atoms with Gasteiger partial charge in [0.1, 0.15) is 5.60 Å². The summed E-state index contributed by atoms with van der Waals surface area (Å²) < 4.78 is 27.9. The molecule has 0 spiro atoms. The van der Waals surface area contributed by atoms with Crippen molar-refractivity contribution in [1.29, 1.82) is 0 Å². The van der Waals surface area contributed by atoms with E-state index in [1.165, 1.54) is 0 Å². The molecule has 3 N–H and O–H groups in total. The second kappa shape index (κ2) is 6.30. The van der Waals surface area contributed by atoms with Crippen LogP contribution >= 0.6 is 0 Å². The van der Waals surface area contributed by atoms with Crippen LogP contribution in [0.2, 0.25) is 0 Å². The number of carbonyl (C=O) groups is 1. The Morgan fingerprint density at radius 2 is 1.95 bits per heavy atom.